The molecule has 6 heteroatoms. The highest BCUT2D eigenvalue weighted by atomic mass is 16.7. The zero-order valence-corrected chi connectivity index (χ0v) is 13.1. The van der Waals surface area contributed by atoms with Gasteiger partial charge >= 0.3 is 0 Å². The van der Waals surface area contributed by atoms with Crippen molar-refractivity contribution in [2.24, 2.45) is 0 Å². The Kier molecular flexibility index (Phi) is 3.70. The van der Waals surface area contributed by atoms with Crippen LogP contribution in [0.5, 0.6) is 17.4 Å². The summed E-state index contributed by atoms with van der Waals surface area (Å²) in [6, 6.07) is 11.3. The average molecular weight is 321 g/mol. The van der Waals surface area contributed by atoms with Gasteiger partial charge in [0.05, 0.1) is 0 Å². The summed E-state index contributed by atoms with van der Waals surface area (Å²) in [5.74, 6) is 2.66. The second-order valence-electron chi connectivity index (χ2n) is 5.38. The molecule has 0 radical (unpaired) electrons. The Morgan fingerprint density at radius 1 is 1.00 bits per heavy atom. The first-order chi connectivity index (χ1) is 11.8. The van der Waals surface area contributed by atoms with Crippen LogP contribution in [-0.2, 0) is 6.61 Å². The summed E-state index contributed by atoms with van der Waals surface area (Å²) >= 11 is 0. The minimum Gasteiger partial charge on any atom is -0.473 e. The highest BCUT2D eigenvalue weighted by Gasteiger charge is 2.13. The predicted molar refractivity (Wildman–Crippen MR) is 86.9 cm³/mol. The number of benzene rings is 1. The number of hydrogen-bond donors (Lipinski definition) is 0. The largest absolute Gasteiger partial charge is 0.473 e. The van der Waals surface area contributed by atoms with Gasteiger partial charge < -0.3 is 14.2 Å². The Labute approximate surface area is 139 Å². The Morgan fingerprint density at radius 3 is 2.71 bits per heavy atom. The van der Waals surface area contributed by atoms with Gasteiger partial charge in [0.25, 0.3) is 0 Å². The monoisotopic (exact) mass is 321 g/mol. The number of pyridine rings is 1. The Balaban J connectivity index is 1.53. The van der Waals surface area contributed by atoms with E-state index in [9.17, 15) is 0 Å². The normalized spacial score (nSPS) is 12.2. The van der Waals surface area contributed by atoms with Gasteiger partial charge in [-0.25, -0.2) is 4.98 Å². The zero-order valence-electron chi connectivity index (χ0n) is 13.1. The summed E-state index contributed by atoms with van der Waals surface area (Å²) in [6.45, 7) is 2.57. The first-order valence-electron chi connectivity index (χ1n) is 7.55. The lowest BCUT2D eigenvalue weighted by atomic mass is 10.2. The van der Waals surface area contributed by atoms with Crippen molar-refractivity contribution in [1.29, 1.82) is 0 Å². The number of hydrogen-bond acceptors (Lipinski definition) is 6. The van der Waals surface area contributed by atoms with E-state index in [2.05, 4.69) is 15.0 Å². The van der Waals surface area contributed by atoms with Crippen LogP contribution in [0.2, 0.25) is 0 Å². The van der Waals surface area contributed by atoms with Crippen molar-refractivity contribution in [1.82, 2.24) is 15.0 Å². The summed E-state index contributed by atoms with van der Waals surface area (Å²) in [4.78, 5) is 12.9. The molecule has 0 spiro atoms. The summed E-state index contributed by atoms with van der Waals surface area (Å²) in [6.07, 6.45) is 3.43. The molecule has 0 bridgehead atoms. The SMILES string of the molecule is Cc1cc(OCc2ccc3c(c2)OCO3)nc(-c2ccncc2)n1. The van der Waals surface area contributed by atoms with Crippen LogP contribution in [0.15, 0.2) is 48.8 Å². The molecule has 0 saturated heterocycles. The lowest BCUT2D eigenvalue weighted by Crippen LogP contribution is -2.00. The standard InChI is InChI=1S/C18H15N3O3/c1-12-8-17(21-18(20-12)14-4-6-19-7-5-14)22-10-13-2-3-15-16(9-13)24-11-23-15/h2-9H,10-11H2,1H3. The van der Waals surface area contributed by atoms with E-state index in [0.29, 0.717) is 18.3 Å². The van der Waals surface area contributed by atoms with Gasteiger partial charge in [0.2, 0.25) is 12.7 Å². The van der Waals surface area contributed by atoms with Crippen molar-refractivity contribution in [2.75, 3.05) is 6.79 Å². The van der Waals surface area contributed by atoms with E-state index in [1.165, 1.54) is 0 Å². The number of aromatic nitrogens is 3. The molecular weight excluding hydrogens is 306 g/mol. The van der Waals surface area contributed by atoms with Crippen LogP contribution in [0.25, 0.3) is 11.4 Å². The highest BCUT2D eigenvalue weighted by Crippen LogP contribution is 2.32. The van der Waals surface area contributed by atoms with E-state index in [1.54, 1.807) is 12.4 Å². The second kappa shape index (κ2) is 6.16. The molecule has 2 aromatic heterocycles. The quantitative estimate of drug-likeness (QED) is 0.735. The van der Waals surface area contributed by atoms with Gasteiger partial charge in [-0.3, -0.25) is 4.98 Å². The minimum atomic E-state index is 0.264. The molecule has 1 aromatic carbocycles. The fourth-order valence-electron chi connectivity index (χ4n) is 2.43. The minimum absolute atomic E-state index is 0.264. The first-order valence-corrected chi connectivity index (χ1v) is 7.55. The van der Waals surface area contributed by atoms with Gasteiger partial charge in [-0.2, -0.15) is 4.98 Å². The summed E-state index contributed by atoms with van der Waals surface area (Å²) in [7, 11) is 0. The fraction of sp³-hybridized carbons (Fsp3) is 0.167. The van der Waals surface area contributed by atoms with E-state index < -0.39 is 0 Å². The topological polar surface area (TPSA) is 66.4 Å². The molecule has 0 unspecified atom stereocenters. The first kappa shape index (κ1) is 14.4. The predicted octanol–water partition coefficient (Wildman–Crippen LogP) is 3.15. The highest BCUT2D eigenvalue weighted by molar-refractivity contribution is 5.54. The molecular formula is C18H15N3O3. The third-order valence-electron chi connectivity index (χ3n) is 3.59. The van der Waals surface area contributed by atoms with Crippen LogP contribution < -0.4 is 14.2 Å². The van der Waals surface area contributed by atoms with E-state index in [4.69, 9.17) is 14.2 Å². The van der Waals surface area contributed by atoms with E-state index in [0.717, 1.165) is 28.3 Å². The van der Waals surface area contributed by atoms with Crippen molar-refractivity contribution < 1.29 is 14.2 Å². The Morgan fingerprint density at radius 2 is 1.83 bits per heavy atom. The molecule has 3 heterocycles. The molecule has 0 aliphatic carbocycles. The van der Waals surface area contributed by atoms with Crippen molar-refractivity contribution in [3.8, 4) is 28.8 Å². The van der Waals surface area contributed by atoms with Crippen LogP contribution in [0.1, 0.15) is 11.3 Å². The van der Waals surface area contributed by atoms with Crippen LogP contribution in [0, 0.1) is 6.92 Å². The van der Waals surface area contributed by atoms with Gasteiger partial charge in [-0.15, -0.1) is 0 Å². The molecule has 0 amide bonds. The zero-order chi connectivity index (χ0) is 16.4. The number of nitrogens with zero attached hydrogens (tertiary/aromatic N) is 3. The molecule has 1 aliphatic rings. The van der Waals surface area contributed by atoms with Crippen molar-refractivity contribution in [3.63, 3.8) is 0 Å². The van der Waals surface area contributed by atoms with Crippen LogP contribution >= 0.6 is 0 Å². The van der Waals surface area contributed by atoms with Gasteiger partial charge in [-0.1, -0.05) is 6.07 Å². The van der Waals surface area contributed by atoms with Crippen molar-refractivity contribution in [2.45, 2.75) is 13.5 Å². The fourth-order valence-corrected chi connectivity index (χ4v) is 2.43. The lowest BCUT2D eigenvalue weighted by molar-refractivity contribution is 0.174. The van der Waals surface area contributed by atoms with Gasteiger partial charge in [0.1, 0.15) is 6.61 Å². The molecule has 120 valence electrons. The average Bonchev–Trinajstić information content (AvgIpc) is 3.08. The molecule has 0 saturated carbocycles. The maximum absolute atomic E-state index is 5.83. The maximum atomic E-state index is 5.83. The van der Waals surface area contributed by atoms with Crippen LogP contribution in [0.4, 0.5) is 0 Å². The molecule has 3 aromatic rings. The number of aryl methyl sites for hydroxylation is 1. The molecule has 6 nitrogen and oxygen atoms in total. The van der Waals surface area contributed by atoms with E-state index in [-0.39, 0.29) is 6.79 Å². The molecule has 0 fully saturated rings. The smallest absolute Gasteiger partial charge is 0.231 e. The summed E-state index contributed by atoms with van der Waals surface area (Å²) in [5.41, 5.74) is 2.74. The number of ether oxygens (including phenoxy) is 3. The van der Waals surface area contributed by atoms with Crippen molar-refractivity contribution in [3.05, 3.63) is 60.0 Å². The number of fused-ring (bicyclic) bond motifs is 1. The van der Waals surface area contributed by atoms with Gasteiger partial charge in [0.15, 0.2) is 17.3 Å². The van der Waals surface area contributed by atoms with Crippen LogP contribution in [0.3, 0.4) is 0 Å². The Bertz CT molecular complexity index is 869. The Hall–Kier alpha value is -3.15. The number of rotatable bonds is 4. The maximum Gasteiger partial charge on any atom is 0.231 e. The van der Waals surface area contributed by atoms with Gasteiger partial charge in [-0.05, 0) is 36.8 Å². The second-order valence-corrected chi connectivity index (χ2v) is 5.38. The van der Waals surface area contributed by atoms with E-state index in [1.807, 2.05) is 43.3 Å². The van der Waals surface area contributed by atoms with Crippen molar-refractivity contribution >= 4 is 0 Å². The molecule has 0 N–H and O–H groups in total. The van der Waals surface area contributed by atoms with E-state index >= 15 is 0 Å². The summed E-state index contributed by atoms with van der Waals surface area (Å²) in [5, 5.41) is 0. The summed E-state index contributed by atoms with van der Waals surface area (Å²) < 4.78 is 16.5. The van der Waals surface area contributed by atoms with Crippen LogP contribution in [-0.4, -0.2) is 21.7 Å². The molecule has 1 aliphatic heterocycles. The third-order valence-corrected chi connectivity index (χ3v) is 3.59. The van der Waals surface area contributed by atoms with Gasteiger partial charge in [0, 0.05) is 29.7 Å². The molecule has 4 rings (SSSR count). The molecule has 0 atom stereocenters. The third kappa shape index (κ3) is 2.99. The lowest BCUT2D eigenvalue weighted by Gasteiger charge is -2.09. The molecule has 24 heavy (non-hydrogen) atoms.